The van der Waals surface area contributed by atoms with Crippen LogP contribution in [0.1, 0.15) is 18.5 Å². The molecule has 5 N–H and O–H groups in total. The summed E-state index contributed by atoms with van der Waals surface area (Å²) in [5.41, 5.74) is 12.5. The Bertz CT molecular complexity index is 289. The van der Waals surface area contributed by atoms with Crippen LogP contribution in [-0.2, 0) is 0 Å². The zero-order valence-corrected chi connectivity index (χ0v) is 9.70. The van der Waals surface area contributed by atoms with Crippen LogP contribution < -0.4 is 11.5 Å². The van der Waals surface area contributed by atoms with Crippen LogP contribution in [-0.4, -0.2) is 23.5 Å². The lowest BCUT2D eigenvalue weighted by atomic mass is 10.0. The van der Waals surface area contributed by atoms with Gasteiger partial charge in [0.25, 0.3) is 0 Å². The minimum Gasteiger partial charge on any atom is -0.395 e. The SMILES string of the molecule is CCSc1ccc(C(N)C(N)CO)cc1. The summed E-state index contributed by atoms with van der Waals surface area (Å²) >= 11 is 1.79. The summed E-state index contributed by atoms with van der Waals surface area (Å²) in [4.78, 5) is 1.23. The largest absolute Gasteiger partial charge is 0.395 e. The van der Waals surface area contributed by atoms with Gasteiger partial charge < -0.3 is 16.6 Å². The van der Waals surface area contributed by atoms with E-state index in [1.165, 1.54) is 4.90 Å². The molecule has 0 saturated carbocycles. The van der Waals surface area contributed by atoms with E-state index in [1.807, 2.05) is 24.3 Å². The number of hydrogen-bond donors (Lipinski definition) is 3. The van der Waals surface area contributed by atoms with E-state index in [-0.39, 0.29) is 12.6 Å². The van der Waals surface area contributed by atoms with Crippen LogP contribution in [0.3, 0.4) is 0 Å². The smallest absolute Gasteiger partial charge is 0.0601 e. The van der Waals surface area contributed by atoms with Crippen molar-refractivity contribution in [3.8, 4) is 0 Å². The minimum atomic E-state index is -0.394. The fourth-order valence-electron chi connectivity index (χ4n) is 1.31. The van der Waals surface area contributed by atoms with E-state index < -0.39 is 6.04 Å². The van der Waals surface area contributed by atoms with Crippen molar-refractivity contribution in [2.75, 3.05) is 12.4 Å². The summed E-state index contributed by atoms with van der Waals surface area (Å²) < 4.78 is 0. The van der Waals surface area contributed by atoms with Gasteiger partial charge in [0.15, 0.2) is 0 Å². The van der Waals surface area contributed by atoms with Crippen molar-refractivity contribution in [2.45, 2.75) is 23.9 Å². The maximum absolute atomic E-state index is 8.90. The fourth-order valence-corrected chi connectivity index (χ4v) is 1.98. The van der Waals surface area contributed by atoms with E-state index in [4.69, 9.17) is 16.6 Å². The van der Waals surface area contributed by atoms with E-state index in [9.17, 15) is 0 Å². The average molecular weight is 226 g/mol. The molecule has 0 aliphatic heterocycles. The molecule has 0 aliphatic carbocycles. The molecule has 0 aliphatic rings. The highest BCUT2D eigenvalue weighted by molar-refractivity contribution is 7.99. The second-order valence-corrected chi connectivity index (χ2v) is 4.71. The molecule has 15 heavy (non-hydrogen) atoms. The van der Waals surface area contributed by atoms with Crippen LogP contribution in [0.2, 0.25) is 0 Å². The maximum atomic E-state index is 8.90. The molecule has 2 unspecified atom stereocenters. The summed E-state index contributed by atoms with van der Waals surface area (Å²) in [5.74, 6) is 1.06. The first-order valence-corrected chi connectivity index (χ1v) is 6.02. The Morgan fingerprint density at radius 1 is 1.27 bits per heavy atom. The number of hydrogen-bond acceptors (Lipinski definition) is 4. The van der Waals surface area contributed by atoms with Gasteiger partial charge in [-0.1, -0.05) is 19.1 Å². The van der Waals surface area contributed by atoms with Gasteiger partial charge in [-0.15, -0.1) is 11.8 Å². The van der Waals surface area contributed by atoms with Gasteiger partial charge in [0.05, 0.1) is 6.61 Å². The minimum absolute atomic E-state index is 0.0906. The lowest BCUT2D eigenvalue weighted by molar-refractivity contribution is 0.250. The Morgan fingerprint density at radius 2 is 1.87 bits per heavy atom. The third kappa shape index (κ3) is 3.50. The predicted octanol–water partition coefficient (Wildman–Crippen LogP) is 1.12. The van der Waals surface area contributed by atoms with E-state index in [2.05, 4.69) is 6.92 Å². The highest BCUT2D eigenvalue weighted by Crippen LogP contribution is 2.20. The Morgan fingerprint density at radius 3 is 2.33 bits per heavy atom. The Labute approximate surface area is 94.9 Å². The first-order chi connectivity index (χ1) is 7.19. The molecular formula is C11H18N2OS. The molecule has 0 amide bonds. The van der Waals surface area contributed by atoms with Gasteiger partial charge in [-0.3, -0.25) is 0 Å². The van der Waals surface area contributed by atoms with Gasteiger partial charge in [0.2, 0.25) is 0 Å². The second-order valence-electron chi connectivity index (χ2n) is 3.37. The highest BCUT2D eigenvalue weighted by Gasteiger charge is 2.13. The number of nitrogens with two attached hydrogens (primary N) is 2. The first kappa shape index (κ1) is 12.5. The molecule has 0 spiro atoms. The number of aliphatic hydroxyl groups excluding tert-OH is 1. The average Bonchev–Trinajstić information content (AvgIpc) is 2.28. The van der Waals surface area contributed by atoms with Gasteiger partial charge >= 0.3 is 0 Å². The van der Waals surface area contributed by atoms with Gasteiger partial charge in [-0.2, -0.15) is 0 Å². The molecule has 0 fully saturated rings. The molecule has 2 atom stereocenters. The molecular weight excluding hydrogens is 208 g/mol. The second kappa shape index (κ2) is 6.12. The fraction of sp³-hybridized carbons (Fsp3) is 0.455. The summed E-state index contributed by atoms with van der Waals surface area (Å²) in [6.45, 7) is 2.03. The zero-order chi connectivity index (χ0) is 11.3. The van der Waals surface area contributed by atoms with Crippen LogP contribution in [0, 0.1) is 0 Å². The molecule has 1 rings (SSSR count). The highest BCUT2D eigenvalue weighted by atomic mass is 32.2. The molecule has 0 heterocycles. The van der Waals surface area contributed by atoms with Crippen molar-refractivity contribution in [2.24, 2.45) is 11.5 Å². The van der Waals surface area contributed by atoms with E-state index in [0.717, 1.165) is 11.3 Å². The molecule has 1 aromatic carbocycles. The molecule has 4 heteroatoms. The number of rotatable bonds is 5. The molecule has 0 aromatic heterocycles. The van der Waals surface area contributed by atoms with Crippen molar-refractivity contribution in [3.63, 3.8) is 0 Å². The van der Waals surface area contributed by atoms with Gasteiger partial charge in [-0.05, 0) is 23.4 Å². The van der Waals surface area contributed by atoms with E-state index in [0.29, 0.717) is 0 Å². The summed E-state index contributed by atoms with van der Waals surface area (Å²) in [6.07, 6.45) is 0. The van der Waals surface area contributed by atoms with Crippen LogP contribution in [0.15, 0.2) is 29.2 Å². The van der Waals surface area contributed by atoms with Crippen molar-refractivity contribution < 1.29 is 5.11 Å². The van der Waals surface area contributed by atoms with Crippen molar-refractivity contribution in [1.29, 1.82) is 0 Å². The van der Waals surface area contributed by atoms with Gasteiger partial charge in [-0.25, -0.2) is 0 Å². The van der Waals surface area contributed by atoms with Crippen molar-refractivity contribution >= 4 is 11.8 Å². The molecule has 3 nitrogen and oxygen atoms in total. The lowest BCUT2D eigenvalue weighted by Crippen LogP contribution is -2.37. The third-order valence-corrected chi connectivity index (χ3v) is 3.14. The zero-order valence-electron chi connectivity index (χ0n) is 8.89. The standard InChI is InChI=1S/C11H18N2OS/c1-2-15-9-5-3-8(4-6-9)11(13)10(12)7-14/h3-6,10-11,14H,2,7,12-13H2,1H3. The molecule has 0 radical (unpaired) electrons. The number of benzene rings is 1. The summed E-state index contributed by atoms with van der Waals surface area (Å²) in [6, 6.07) is 7.32. The van der Waals surface area contributed by atoms with Crippen LogP contribution in [0.4, 0.5) is 0 Å². The van der Waals surface area contributed by atoms with Crippen LogP contribution >= 0.6 is 11.8 Å². The normalized spacial score (nSPS) is 14.9. The lowest BCUT2D eigenvalue weighted by Gasteiger charge is -2.18. The van der Waals surface area contributed by atoms with Gasteiger partial charge in [0, 0.05) is 17.0 Å². The Kier molecular flexibility index (Phi) is 5.11. The monoisotopic (exact) mass is 226 g/mol. The quantitative estimate of drug-likeness (QED) is 0.658. The first-order valence-electron chi connectivity index (χ1n) is 5.03. The van der Waals surface area contributed by atoms with Crippen LogP contribution in [0.25, 0.3) is 0 Å². The Balaban J connectivity index is 2.70. The molecule has 0 bridgehead atoms. The van der Waals surface area contributed by atoms with Gasteiger partial charge in [0.1, 0.15) is 0 Å². The van der Waals surface area contributed by atoms with Crippen molar-refractivity contribution in [1.82, 2.24) is 0 Å². The molecule has 1 aromatic rings. The van der Waals surface area contributed by atoms with E-state index in [1.54, 1.807) is 11.8 Å². The topological polar surface area (TPSA) is 72.3 Å². The number of aliphatic hydroxyl groups is 1. The third-order valence-electron chi connectivity index (χ3n) is 2.25. The summed E-state index contributed by atoms with van der Waals surface area (Å²) in [5, 5.41) is 8.90. The van der Waals surface area contributed by atoms with Crippen LogP contribution in [0.5, 0.6) is 0 Å². The molecule has 0 saturated heterocycles. The van der Waals surface area contributed by atoms with E-state index >= 15 is 0 Å². The Hall–Kier alpha value is -0.550. The van der Waals surface area contributed by atoms with Crippen molar-refractivity contribution in [3.05, 3.63) is 29.8 Å². The molecule has 84 valence electrons. The predicted molar refractivity (Wildman–Crippen MR) is 64.8 cm³/mol. The summed E-state index contributed by atoms with van der Waals surface area (Å²) in [7, 11) is 0. The number of thioether (sulfide) groups is 1. The maximum Gasteiger partial charge on any atom is 0.0601 e.